The largest absolute Gasteiger partial charge is 0.322 e. The summed E-state index contributed by atoms with van der Waals surface area (Å²) in [4.78, 5) is 26.1. The smallest absolute Gasteiger partial charge is 0.255 e. The van der Waals surface area contributed by atoms with E-state index in [4.69, 9.17) is 0 Å². The van der Waals surface area contributed by atoms with Crippen LogP contribution in [0.4, 0.5) is 11.4 Å². The van der Waals surface area contributed by atoms with E-state index in [0.717, 1.165) is 12.1 Å². The first kappa shape index (κ1) is 21.0. The zero-order valence-electron chi connectivity index (χ0n) is 16.5. The molecule has 2 aromatic carbocycles. The van der Waals surface area contributed by atoms with Gasteiger partial charge in [-0.25, -0.2) is 13.1 Å². The van der Waals surface area contributed by atoms with E-state index in [0.29, 0.717) is 30.6 Å². The summed E-state index contributed by atoms with van der Waals surface area (Å²) in [6.07, 6.45) is 2.11. The Labute approximate surface area is 171 Å². The lowest BCUT2D eigenvalue weighted by Gasteiger charge is -2.16. The van der Waals surface area contributed by atoms with E-state index in [1.807, 2.05) is 6.92 Å². The molecular weight excluding hydrogens is 390 g/mol. The third-order valence-corrected chi connectivity index (χ3v) is 6.51. The third kappa shape index (κ3) is 5.02. The van der Waals surface area contributed by atoms with Crippen LogP contribution < -0.4 is 14.9 Å². The standard InChI is InChI=1S/C21H25N3O4S/c1-3-15(2)23-29(27,28)19-12-6-16(7-13-19)21(26)22-17-8-10-18(11-9-17)24-14-4-5-20(24)25/h6-13,15,23H,3-5,14H2,1-2H3,(H,22,26)/t15-/m0/s1. The van der Waals surface area contributed by atoms with Gasteiger partial charge in [0, 0.05) is 35.9 Å². The van der Waals surface area contributed by atoms with Crippen molar-refractivity contribution in [3.05, 3.63) is 54.1 Å². The molecule has 3 rings (SSSR count). The molecule has 0 aromatic heterocycles. The maximum atomic E-state index is 12.5. The highest BCUT2D eigenvalue weighted by molar-refractivity contribution is 7.89. The molecule has 1 aliphatic rings. The number of sulfonamides is 1. The molecule has 1 saturated heterocycles. The number of carbonyl (C=O) groups excluding carboxylic acids is 2. The Morgan fingerprint density at radius 3 is 2.31 bits per heavy atom. The lowest BCUT2D eigenvalue weighted by atomic mass is 10.2. The maximum Gasteiger partial charge on any atom is 0.255 e. The summed E-state index contributed by atoms with van der Waals surface area (Å²) in [6, 6.07) is 12.7. The first-order chi connectivity index (χ1) is 13.8. The number of rotatable bonds is 7. The number of nitrogens with one attached hydrogen (secondary N) is 2. The Bertz CT molecular complexity index is 986. The van der Waals surface area contributed by atoms with Crippen molar-refractivity contribution in [3.63, 3.8) is 0 Å². The molecule has 1 fully saturated rings. The first-order valence-electron chi connectivity index (χ1n) is 9.64. The van der Waals surface area contributed by atoms with Gasteiger partial charge in [0.05, 0.1) is 4.90 Å². The van der Waals surface area contributed by atoms with Gasteiger partial charge in [0.1, 0.15) is 0 Å². The molecule has 0 saturated carbocycles. The molecule has 1 heterocycles. The molecule has 0 unspecified atom stereocenters. The van der Waals surface area contributed by atoms with Crippen LogP contribution in [0.15, 0.2) is 53.4 Å². The lowest BCUT2D eigenvalue weighted by molar-refractivity contribution is -0.117. The summed E-state index contributed by atoms with van der Waals surface area (Å²) in [7, 11) is -3.60. The van der Waals surface area contributed by atoms with Gasteiger partial charge in [0.2, 0.25) is 15.9 Å². The van der Waals surface area contributed by atoms with Gasteiger partial charge in [-0.15, -0.1) is 0 Å². The highest BCUT2D eigenvalue weighted by Gasteiger charge is 2.21. The van der Waals surface area contributed by atoms with Crippen LogP contribution in [0.5, 0.6) is 0 Å². The predicted molar refractivity (Wildman–Crippen MR) is 112 cm³/mol. The summed E-state index contributed by atoms with van der Waals surface area (Å²) in [6.45, 7) is 4.41. The Morgan fingerprint density at radius 1 is 1.10 bits per heavy atom. The van der Waals surface area contributed by atoms with E-state index in [-0.39, 0.29) is 22.8 Å². The van der Waals surface area contributed by atoms with E-state index < -0.39 is 10.0 Å². The van der Waals surface area contributed by atoms with Gasteiger partial charge < -0.3 is 10.2 Å². The van der Waals surface area contributed by atoms with Crippen LogP contribution in [0.3, 0.4) is 0 Å². The van der Waals surface area contributed by atoms with Crippen molar-refractivity contribution in [1.82, 2.24) is 4.72 Å². The Kier molecular flexibility index (Phi) is 6.34. The molecular formula is C21H25N3O4S. The SMILES string of the molecule is CC[C@H](C)NS(=O)(=O)c1ccc(C(=O)Nc2ccc(N3CCCC3=O)cc2)cc1. The lowest BCUT2D eigenvalue weighted by Crippen LogP contribution is -2.32. The number of benzene rings is 2. The molecule has 1 aliphatic heterocycles. The normalized spacial score (nSPS) is 15.4. The van der Waals surface area contributed by atoms with Crippen LogP contribution in [0.25, 0.3) is 0 Å². The summed E-state index contributed by atoms with van der Waals surface area (Å²) >= 11 is 0. The Balaban J connectivity index is 1.66. The minimum atomic E-state index is -3.60. The van der Waals surface area contributed by atoms with Crippen LogP contribution in [0.2, 0.25) is 0 Å². The second-order valence-corrected chi connectivity index (χ2v) is 8.82. The predicted octanol–water partition coefficient (Wildman–Crippen LogP) is 3.14. The molecule has 1 atom stereocenters. The highest BCUT2D eigenvalue weighted by Crippen LogP contribution is 2.23. The monoisotopic (exact) mass is 415 g/mol. The van der Waals surface area contributed by atoms with Crippen LogP contribution in [0.1, 0.15) is 43.5 Å². The minimum absolute atomic E-state index is 0.111. The third-order valence-electron chi connectivity index (χ3n) is 4.91. The number of hydrogen-bond acceptors (Lipinski definition) is 4. The molecule has 154 valence electrons. The summed E-state index contributed by atoms with van der Waals surface area (Å²) in [5.41, 5.74) is 1.76. The van der Waals surface area contributed by atoms with Crippen molar-refractivity contribution >= 4 is 33.2 Å². The summed E-state index contributed by atoms with van der Waals surface area (Å²) < 4.78 is 27.2. The van der Waals surface area contributed by atoms with E-state index in [9.17, 15) is 18.0 Å². The average Bonchev–Trinajstić information content (AvgIpc) is 3.14. The fourth-order valence-electron chi connectivity index (χ4n) is 3.05. The second-order valence-electron chi connectivity index (χ2n) is 7.10. The molecule has 8 heteroatoms. The summed E-state index contributed by atoms with van der Waals surface area (Å²) in [5, 5.41) is 2.78. The topological polar surface area (TPSA) is 95.6 Å². The molecule has 29 heavy (non-hydrogen) atoms. The van der Waals surface area contributed by atoms with Gasteiger partial charge >= 0.3 is 0 Å². The van der Waals surface area contributed by atoms with Crippen molar-refractivity contribution in [2.45, 2.75) is 44.0 Å². The van der Waals surface area contributed by atoms with Gasteiger partial charge in [0.25, 0.3) is 5.91 Å². The molecule has 2 amide bonds. The molecule has 7 nitrogen and oxygen atoms in total. The maximum absolute atomic E-state index is 12.5. The molecule has 0 radical (unpaired) electrons. The zero-order valence-corrected chi connectivity index (χ0v) is 17.3. The van der Waals surface area contributed by atoms with E-state index >= 15 is 0 Å². The van der Waals surface area contributed by atoms with Gasteiger partial charge in [-0.3, -0.25) is 9.59 Å². The zero-order chi connectivity index (χ0) is 21.0. The van der Waals surface area contributed by atoms with Crippen molar-refractivity contribution in [2.75, 3.05) is 16.8 Å². The van der Waals surface area contributed by atoms with Gasteiger partial charge in [-0.1, -0.05) is 6.92 Å². The van der Waals surface area contributed by atoms with Crippen LogP contribution >= 0.6 is 0 Å². The number of amides is 2. The van der Waals surface area contributed by atoms with Crippen molar-refractivity contribution in [1.29, 1.82) is 0 Å². The molecule has 0 aliphatic carbocycles. The first-order valence-corrected chi connectivity index (χ1v) is 11.1. The molecule has 0 spiro atoms. The summed E-state index contributed by atoms with van der Waals surface area (Å²) in [5.74, 6) is -0.228. The fraction of sp³-hybridized carbons (Fsp3) is 0.333. The number of anilines is 2. The van der Waals surface area contributed by atoms with Crippen molar-refractivity contribution in [3.8, 4) is 0 Å². The van der Waals surface area contributed by atoms with Crippen LogP contribution in [-0.2, 0) is 14.8 Å². The number of hydrogen-bond donors (Lipinski definition) is 2. The molecule has 2 N–H and O–H groups in total. The van der Waals surface area contributed by atoms with Crippen molar-refractivity contribution in [2.24, 2.45) is 0 Å². The van der Waals surface area contributed by atoms with E-state index in [2.05, 4.69) is 10.0 Å². The fourth-order valence-corrected chi connectivity index (χ4v) is 4.38. The van der Waals surface area contributed by atoms with E-state index in [1.165, 1.54) is 24.3 Å². The highest BCUT2D eigenvalue weighted by atomic mass is 32.2. The van der Waals surface area contributed by atoms with Gasteiger partial charge in [0.15, 0.2) is 0 Å². The average molecular weight is 416 g/mol. The minimum Gasteiger partial charge on any atom is -0.322 e. The number of carbonyl (C=O) groups is 2. The second kappa shape index (κ2) is 8.75. The molecule has 2 aromatic rings. The van der Waals surface area contributed by atoms with Crippen molar-refractivity contribution < 1.29 is 18.0 Å². The number of nitrogens with zero attached hydrogens (tertiary/aromatic N) is 1. The van der Waals surface area contributed by atoms with Gasteiger partial charge in [-0.05, 0) is 68.3 Å². The quantitative estimate of drug-likeness (QED) is 0.726. The van der Waals surface area contributed by atoms with Crippen LogP contribution in [-0.4, -0.2) is 32.8 Å². The van der Waals surface area contributed by atoms with Gasteiger partial charge in [-0.2, -0.15) is 0 Å². The van der Waals surface area contributed by atoms with Crippen LogP contribution in [0, 0.1) is 0 Å². The molecule has 0 bridgehead atoms. The Morgan fingerprint density at radius 2 is 1.76 bits per heavy atom. The van der Waals surface area contributed by atoms with E-state index in [1.54, 1.807) is 36.1 Å². The Hall–Kier alpha value is -2.71.